The normalized spacial score (nSPS) is 29.2. The van der Waals surface area contributed by atoms with E-state index in [0.29, 0.717) is 5.56 Å². The Morgan fingerprint density at radius 2 is 1.82 bits per heavy atom. The van der Waals surface area contributed by atoms with Crippen molar-refractivity contribution in [2.24, 2.45) is 0 Å². The van der Waals surface area contributed by atoms with Crippen LogP contribution < -0.4 is 5.43 Å². The van der Waals surface area contributed by atoms with Gasteiger partial charge in [0, 0.05) is 12.5 Å². The number of aryl methyl sites for hydroxylation is 1. The zero-order valence-electron chi connectivity index (χ0n) is 15.4. The van der Waals surface area contributed by atoms with Crippen molar-refractivity contribution in [1.29, 1.82) is 0 Å². The summed E-state index contributed by atoms with van der Waals surface area (Å²) in [6.45, 7) is 2.49. The van der Waals surface area contributed by atoms with Crippen LogP contribution >= 0.6 is 0 Å². The summed E-state index contributed by atoms with van der Waals surface area (Å²) in [7, 11) is 0. The van der Waals surface area contributed by atoms with Crippen LogP contribution in [-0.4, -0.2) is 67.8 Å². The van der Waals surface area contributed by atoms with Gasteiger partial charge < -0.3 is 39.8 Å². The van der Waals surface area contributed by atoms with E-state index in [1.807, 2.05) is 0 Å². The Morgan fingerprint density at radius 3 is 2.43 bits per heavy atom. The molecule has 6 atom stereocenters. The van der Waals surface area contributed by atoms with Crippen LogP contribution in [0, 0.1) is 6.92 Å². The van der Waals surface area contributed by atoms with E-state index in [1.165, 1.54) is 19.1 Å². The van der Waals surface area contributed by atoms with E-state index in [9.17, 15) is 35.4 Å². The molecule has 28 heavy (non-hydrogen) atoms. The van der Waals surface area contributed by atoms with Crippen molar-refractivity contribution in [2.45, 2.75) is 56.9 Å². The van der Waals surface area contributed by atoms with Gasteiger partial charge in [-0.25, -0.2) is 0 Å². The minimum absolute atomic E-state index is 0.0496. The van der Waals surface area contributed by atoms with E-state index in [2.05, 4.69) is 0 Å². The summed E-state index contributed by atoms with van der Waals surface area (Å²) in [5.41, 5.74) is -0.106. The number of rotatable bonds is 4. The molecule has 3 rings (SSSR count). The average molecular weight is 396 g/mol. The summed E-state index contributed by atoms with van der Waals surface area (Å²) in [5.74, 6) is -0.171. The number of fused-ring (bicyclic) bond motifs is 1. The Morgan fingerprint density at radius 1 is 1.14 bits per heavy atom. The Bertz CT molecular complexity index is 918. The van der Waals surface area contributed by atoms with Gasteiger partial charge in [0.05, 0.1) is 23.7 Å². The van der Waals surface area contributed by atoms with Crippen molar-refractivity contribution in [3.63, 3.8) is 0 Å². The van der Waals surface area contributed by atoms with Crippen LogP contribution in [0.1, 0.15) is 29.9 Å². The molecule has 0 bridgehead atoms. The van der Waals surface area contributed by atoms with Crippen LogP contribution in [0.15, 0.2) is 21.3 Å². The van der Waals surface area contributed by atoms with Crippen molar-refractivity contribution in [1.82, 2.24) is 0 Å². The van der Waals surface area contributed by atoms with E-state index in [1.54, 1.807) is 6.92 Å². The second-order valence-corrected chi connectivity index (χ2v) is 7.21. The highest BCUT2D eigenvalue weighted by Crippen LogP contribution is 2.41. The minimum Gasteiger partial charge on any atom is -0.507 e. The van der Waals surface area contributed by atoms with Gasteiger partial charge in [0.1, 0.15) is 47.6 Å². The predicted molar refractivity (Wildman–Crippen MR) is 97.0 cm³/mol. The maximum Gasteiger partial charge on any atom is 0.193 e. The molecule has 0 unspecified atom stereocenters. The van der Waals surface area contributed by atoms with Crippen LogP contribution in [0.3, 0.4) is 0 Å². The second-order valence-electron chi connectivity index (χ2n) is 7.21. The van der Waals surface area contributed by atoms with Gasteiger partial charge in [-0.15, -0.1) is 0 Å². The fourth-order valence-electron chi connectivity index (χ4n) is 3.58. The molecule has 1 aliphatic rings. The molecular formula is C19H24O9. The minimum atomic E-state index is -1.65. The molecule has 0 aliphatic carbocycles. The third-order valence-corrected chi connectivity index (χ3v) is 4.94. The van der Waals surface area contributed by atoms with Gasteiger partial charge >= 0.3 is 0 Å². The van der Waals surface area contributed by atoms with Crippen molar-refractivity contribution in [3.05, 3.63) is 39.2 Å². The van der Waals surface area contributed by atoms with E-state index < -0.39 is 48.7 Å². The molecule has 154 valence electrons. The lowest BCUT2D eigenvalue weighted by Crippen LogP contribution is -2.55. The third-order valence-electron chi connectivity index (χ3n) is 4.94. The molecule has 2 heterocycles. The zero-order valence-corrected chi connectivity index (χ0v) is 15.4. The van der Waals surface area contributed by atoms with Crippen LogP contribution in [0.2, 0.25) is 0 Å². The third kappa shape index (κ3) is 3.52. The number of ether oxygens (including phenoxy) is 1. The molecule has 9 heteroatoms. The number of aromatic hydroxyl groups is 1. The highest BCUT2D eigenvalue weighted by molar-refractivity contribution is 5.86. The molecule has 1 aromatic carbocycles. The molecule has 6 N–H and O–H groups in total. The summed E-state index contributed by atoms with van der Waals surface area (Å²) >= 11 is 0. The van der Waals surface area contributed by atoms with Gasteiger partial charge in [0.25, 0.3) is 0 Å². The SMILES string of the molecule is Cc1cc(O)c([C@@H]2O[C@H](CO)[C@@H](O)[C@H](O)[C@H]2O)c2oc(C[C@@H](C)O)cc(=O)c12. The van der Waals surface area contributed by atoms with Gasteiger partial charge in [-0.05, 0) is 25.5 Å². The van der Waals surface area contributed by atoms with Gasteiger partial charge in [-0.1, -0.05) is 0 Å². The van der Waals surface area contributed by atoms with Gasteiger partial charge in [0.2, 0.25) is 0 Å². The van der Waals surface area contributed by atoms with E-state index in [4.69, 9.17) is 9.15 Å². The average Bonchev–Trinajstić information content (AvgIpc) is 2.60. The van der Waals surface area contributed by atoms with Crippen molar-refractivity contribution in [2.75, 3.05) is 6.61 Å². The molecule has 0 saturated carbocycles. The first-order valence-electron chi connectivity index (χ1n) is 8.93. The fourth-order valence-corrected chi connectivity index (χ4v) is 3.58. The summed E-state index contributed by atoms with van der Waals surface area (Å²) < 4.78 is 11.3. The maximum absolute atomic E-state index is 12.6. The van der Waals surface area contributed by atoms with Crippen molar-refractivity contribution < 1.29 is 39.8 Å². The van der Waals surface area contributed by atoms with Crippen LogP contribution in [0.25, 0.3) is 11.0 Å². The Hall–Kier alpha value is -2.01. The molecule has 0 radical (unpaired) electrons. The van der Waals surface area contributed by atoms with E-state index >= 15 is 0 Å². The lowest BCUT2D eigenvalue weighted by molar-refractivity contribution is -0.231. The second kappa shape index (κ2) is 7.78. The summed E-state index contributed by atoms with van der Waals surface area (Å²) in [5, 5.41) is 60.2. The molecular weight excluding hydrogens is 372 g/mol. The van der Waals surface area contributed by atoms with Crippen molar-refractivity contribution in [3.8, 4) is 5.75 Å². The van der Waals surface area contributed by atoms with Crippen molar-refractivity contribution >= 4 is 11.0 Å². The Balaban J connectivity index is 2.24. The Kier molecular flexibility index (Phi) is 5.76. The topological polar surface area (TPSA) is 161 Å². The molecule has 1 aliphatic heterocycles. The first-order valence-corrected chi connectivity index (χ1v) is 8.93. The number of aliphatic hydroxyl groups is 5. The largest absolute Gasteiger partial charge is 0.507 e. The Labute approximate surface area is 160 Å². The first kappa shape index (κ1) is 20.7. The van der Waals surface area contributed by atoms with Gasteiger partial charge in [-0.2, -0.15) is 0 Å². The molecule has 0 amide bonds. The van der Waals surface area contributed by atoms with Crippen LogP contribution in [0.5, 0.6) is 5.75 Å². The van der Waals surface area contributed by atoms with Crippen LogP contribution in [-0.2, 0) is 11.2 Å². The zero-order chi connectivity index (χ0) is 20.7. The number of phenols is 1. The van der Waals surface area contributed by atoms with E-state index in [0.717, 1.165) is 0 Å². The standard InChI is InChI=1S/C19H24O9/c1-7-3-10(22)14(19-17(26)16(25)15(24)12(6-20)28-19)18-13(7)11(23)5-9(27-18)4-8(2)21/h3,5,8,12,15-17,19-22,24-26H,4,6H2,1-2H3/t8-,12-,15-,16+,17-,19+/m1/s1. The number of benzene rings is 1. The number of phenolic OH excluding ortho intramolecular Hbond substituents is 1. The number of aliphatic hydroxyl groups excluding tert-OH is 5. The monoisotopic (exact) mass is 396 g/mol. The first-order chi connectivity index (χ1) is 13.1. The number of hydrogen-bond acceptors (Lipinski definition) is 9. The van der Waals surface area contributed by atoms with E-state index in [-0.39, 0.29) is 34.5 Å². The summed E-state index contributed by atoms with van der Waals surface area (Å²) in [6.07, 6.45) is -8.16. The molecule has 1 aromatic heterocycles. The number of hydrogen-bond donors (Lipinski definition) is 6. The van der Waals surface area contributed by atoms with Gasteiger partial charge in [0.15, 0.2) is 5.43 Å². The van der Waals surface area contributed by atoms with Crippen LogP contribution in [0.4, 0.5) is 0 Å². The lowest BCUT2D eigenvalue weighted by atomic mass is 9.89. The molecule has 2 aromatic rings. The quantitative estimate of drug-likeness (QED) is 0.390. The van der Waals surface area contributed by atoms with Gasteiger partial charge in [-0.3, -0.25) is 4.79 Å². The predicted octanol–water partition coefficient (Wildman–Crippen LogP) is -0.755. The fraction of sp³-hybridized carbons (Fsp3) is 0.526. The highest BCUT2D eigenvalue weighted by Gasteiger charge is 2.45. The lowest BCUT2D eigenvalue weighted by Gasteiger charge is -2.40. The molecule has 1 saturated heterocycles. The molecule has 9 nitrogen and oxygen atoms in total. The molecule has 0 spiro atoms. The smallest absolute Gasteiger partial charge is 0.193 e. The highest BCUT2D eigenvalue weighted by atomic mass is 16.5. The maximum atomic E-state index is 12.6. The molecule has 1 fully saturated rings. The summed E-state index contributed by atoms with van der Waals surface area (Å²) in [4.78, 5) is 12.6. The summed E-state index contributed by atoms with van der Waals surface area (Å²) in [6, 6.07) is 2.56.